The largest absolute Gasteiger partial charge is 0.361 e. The second-order valence-corrected chi connectivity index (χ2v) is 3.15. The van der Waals surface area contributed by atoms with Crippen LogP contribution in [0.15, 0.2) is 24.9 Å². The molecule has 0 saturated heterocycles. The molecule has 0 amide bonds. The minimum atomic E-state index is 0.595. The molecule has 64 valence electrons. The predicted octanol–water partition coefficient (Wildman–Crippen LogP) is 3.33. The van der Waals surface area contributed by atoms with Crippen LogP contribution in [0.4, 0.5) is 0 Å². The average Bonchev–Trinajstić information content (AvgIpc) is 2.47. The van der Waals surface area contributed by atoms with E-state index < -0.39 is 0 Å². The van der Waals surface area contributed by atoms with E-state index in [9.17, 15) is 0 Å². The van der Waals surface area contributed by atoms with Gasteiger partial charge in [0.1, 0.15) is 0 Å². The number of hydrogen-bond donors (Lipinski definition) is 1. The fourth-order valence-corrected chi connectivity index (χ4v) is 1.01. The maximum Gasteiger partial charge on any atom is 0.0447 e. The van der Waals surface area contributed by atoms with Crippen LogP contribution in [0.1, 0.15) is 25.1 Å². The Balaban J connectivity index is 2.81. The van der Waals surface area contributed by atoms with E-state index >= 15 is 0 Å². The smallest absolute Gasteiger partial charge is 0.0447 e. The molecule has 1 rings (SSSR count). The second kappa shape index (κ2) is 3.96. The molecule has 0 aromatic carbocycles. The van der Waals surface area contributed by atoms with Crippen LogP contribution in [0.3, 0.4) is 0 Å². The SMILES string of the molecule is C=Cc1[nH]ccc1/C=C\C(C)C. The molecule has 0 fully saturated rings. The Morgan fingerprint density at radius 3 is 2.83 bits per heavy atom. The van der Waals surface area contributed by atoms with Crippen molar-refractivity contribution in [2.24, 2.45) is 5.92 Å². The van der Waals surface area contributed by atoms with E-state index in [0.29, 0.717) is 5.92 Å². The number of H-pyrrole nitrogens is 1. The monoisotopic (exact) mass is 161 g/mol. The van der Waals surface area contributed by atoms with Crippen molar-refractivity contribution >= 4 is 12.2 Å². The van der Waals surface area contributed by atoms with Crippen LogP contribution in [0, 0.1) is 5.92 Å². The van der Waals surface area contributed by atoms with Gasteiger partial charge in [0, 0.05) is 11.9 Å². The van der Waals surface area contributed by atoms with Crippen molar-refractivity contribution in [3.63, 3.8) is 0 Å². The summed E-state index contributed by atoms with van der Waals surface area (Å²) in [7, 11) is 0. The Morgan fingerprint density at radius 1 is 1.50 bits per heavy atom. The highest BCUT2D eigenvalue weighted by molar-refractivity contribution is 5.61. The first-order chi connectivity index (χ1) is 5.74. The zero-order valence-corrected chi connectivity index (χ0v) is 7.67. The average molecular weight is 161 g/mol. The lowest BCUT2D eigenvalue weighted by atomic mass is 10.1. The highest BCUT2D eigenvalue weighted by atomic mass is 14.7. The highest BCUT2D eigenvalue weighted by Gasteiger charge is 1.94. The topological polar surface area (TPSA) is 15.8 Å². The van der Waals surface area contributed by atoms with E-state index in [-0.39, 0.29) is 0 Å². The molecule has 0 aliphatic heterocycles. The van der Waals surface area contributed by atoms with Crippen LogP contribution < -0.4 is 0 Å². The van der Waals surface area contributed by atoms with E-state index in [1.54, 1.807) is 0 Å². The number of nitrogens with one attached hydrogen (secondary N) is 1. The molecule has 1 nitrogen and oxygen atoms in total. The van der Waals surface area contributed by atoms with Crippen LogP contribution in [-0.2, 0) is 0 Å². The van der Waals surface area contributed by atoms with Crippen molar-refractivity contribution in [1.82, 2.24) is 4.98 Å². The molecule has 0 aliphatic rings. The summed E-state index contributed by atoms with van der Waals surface area (Å²) >= 11 is 0. The Labute approximate surface area is 73.8 Å². The van der Waals surface area contributed by atoms with Gasteiger partial charge in [-0.25, -0.2) is 0 Å². The van der Waals surface area contributed by atoms with Crippen molar-refractivity contribution in [2.75, 3.05) is 0 Å². The van der Waals surface area contributed by atoms with Crippen LogP contribution in [0.5, 0.6) is 0 Å². The number of allylic oxidation sites excluding steroid dienone is 1. The lowest BCUT2D eigenvalue weighted by Gasteiger charge is -1.94. The van der Waals surface area contributed by atoms with Crippen LogP contribution in [0.25, 0.3) is 12.2 Å². The molecule has 0 spiro atoms. The maximum atomic E-state index is 3.73. The highest BCUT2D eigenvalue weighted by Crippen LogP contribution is 2.11. The van der Waals surface area contributed by atoms with Crippen LogP contribution in [-0.4, -0.2) is 4.98 Å². The van der Waals surface area contributed by atoms with Gasteiger partial charge in [-0.3, -0.25) is 0 Å². The number of rotatable bonds is 3. The van der Waals surface area contributed by atoms with Gasteiger partial charge in [0.05, 0.1) is 0 Å². The first kappa shape index (κ1) is 8.85. The Hall–Kier alpha value is -1.24. The molecule has 1 aromatic heterocycles. The molecular formula is C11H15N. The molecule has 1 aromatic rings. The van der Waals surface area contributed by atoms with E-state index in [0.717, 1.165) is 5.69 Å². The summed E-state index contributed by atoms with van der Waals surface area (Å²) in [6.45, 7) is 8.05. The van der Waals surface area contributed by atoms with Gasteiger partial charge < -0.3 is 4.98 Å². The Kier molecular flexibility index (Phi) is 2.92. The van der Waals surface area contributed by atoms with E-state index in [1.165, 1.54) is 5.56 Å². The summed E-state index contributed by atoms with van der Waals surface area (Å²) < 4.78 is 0. The van der Waals surface area contributed by atoms with E-state index in [4.69, 9.17) is 0 Å². The zero-order chi connectivity index (χ0) is 8.97. The first-order valence-corrected chi connectivity index (χ1v) is 4.22. The summed E-state index contributed by atoms with van der Waals surface area (Å²) in [5, 5.41) is 0. The molecule has 0 unspecified atom stereocenters. The molecule has 1 heteroatoms. The fourth-order valence-electron chi connectivity index (χ4n) is 1.01. The fraction of sp³-hybridized carbons (Fsp3) is 0.273. The molecule has 0 radical (unpaired) electrons. The third-order valence-electron chi connectivity index (χ3n) is 1.68. The van der Waals surface area contributed by atoms with Crippen molar-refractivity contribution in [2.45, 2.75) is 13.8 Å². The minimum absolute atomic E-state index is 0.595. The maximum absolute atomic E-state index is 3.73. The summed E-state index contributed by atoms with van der Waals surface area (Å²) in [6.07, 6.45) is 8.06. The Morgan fingerprint density at radius 2 is 2.25 bits per heavy atom. The molecule has 12 heavy (non-hydrogen) atoms. The van der Waals surface area contributed by atoms with E-state index in [1.807, 2.05) is 12.3 Å². The van der Waals surface area contributed by atoms with E-state index in [2.05, 4.69) is 43.6 Å². The zero-order valence-electron chi connectivity index (χ0n) is 7.67. The molecule has 0 atom stereocenters. The third-order valence-corrected chi connectivity index (χ3v) is 1.68. The predicted molar refractivity (Wildman–Crippen MR) is 54.8 cm³/mol. The summed E-state index contributed by atoms with van der Waals surface area (Å²) in [5.74, 6) is 0.595. The third kappa shape index (κ3) is 2.12. The van der Waals surface area contributed by atoms with Gasteiger partial charge >= 0.3 is 0 Å². The summed E-state index contributed by atoms with van der Waals surface area (Å²) in [5.41, 5.74) is 2.30. The van der Waals surface area contributed by atoms with Gasteiger partial charge in [-0.1, -0.05) is 32.6 Å². The van der Waals surface area contributed by atoms with Crippen LogP contribution >= 0.6 is 0 Å². The van der Waals surface area contributed by atoms with Gasteiger partial charge in [0.2, 0.25) is 0 Å². The second-order valence-electron chi connectivity index (χ2n) is 3.15. The van der Waals surface area contributed by atoms with Gasteiger partial charge in [-0.2, -0.15) is 0 Å². The van der Waals surface area contributed by atoms with Crippen molar-refractivity contribution in [3.8, 4) is 0 Å². The lowest BCUT2D eigenvalue weighted by Crippen LogP contribution is -1.78. The van der Waals surface area contributed by atoms with Crippen molar-refractivity contribution < 1.29 is 0 Å². The van der Waals surface area contributed by atoms with Gasteiger partial charge in [0.15, 0.2) is 0 Å². The number of hydrogen-bond acceptors (Lipinski definition) is 0. The number of aromatic amines is 1. The molecule has 1 N–H and O–H groups in total. The van der Waals surface area contributed by atoms with Crippen LogP contribution in [0.2, 0.25) is 0 Å². The van der Waals surface area contributed by atoms with Gasteiger partial charge in [0.25, 0.3) is 0 Å². The van der Waals surface area contributed by atoms with Gasteiger partial charge in [-0.15, -0.1) is 0 Å². The minimum Gasteiger partial charge on any atom is -0.361 e. The normalized spacial score (nSPS) is 11.2. The molecular weight excluding hydrogens is 146 g/mol. The van der Waals surface area contributed by atoms with Crippen molar-refractivity contribution in [3.05, 3.63) is 36.2 Å². The molecule has 0 aliphatic carbocycles. The molecule has 0 bridgehead atoms. The van der Waals surface area contributed by atoms with Gasteiger partial charge in [-0.05, 0) is 23.6 Å². The van der Waals surface area contributed by atoms with Crippen molar-refractivity contribution in [1.29, 1.82) is 0 Å². The molecule has 0 saturated carbocycles. The summed E-state index contributed by atoms with van der Waals surface area (Å²) in [4.78, 5) is 3.11. The molecule has 1 heterocycles. The quantitative estimate of drug-likeness (QED) is 0.700. The first-order valence-electron chi connectivity index (χ1n) is 4.22. The number of aromatic nitrogens is 1. The standard InChI is InChI=1S/C11H15N/c1-4-11-10(7-8-12-11)6-5-9(2)3/h4-9,12H,1H2,2-3H3/b6-5-. The lowest BCUT2D eigenvalue weighted by molar-refractivity contribution is 0.836. The summed E-state index contributed by atoms with van der Waals surface area (Å²) in [6, 6.07) is 2.05. The Bertz CT molecular complexity index is 279.